The molecule has 1 fully saturated rings. The third-order valence-corrected chi connectivity index (χ3v) is 3.56. The first-order valence-electron chi connectivity index (χ1n) is 7.70. The molecule has 1 heterocycles. The van der Waals surface area contributed by atoms with E-state index in [0.717, 1.165) is 37.8 Å². The van der Waals surface area contributed by atoms with Crippen LogP contribution in [0, 0.1) is 11.8 Å². The molecule has 0 aliphatic carbocycles. The fourth-order valence-corrected chi connectivity index (χ4v) is 2.32. The zero-order valence-corrected chi connectivity index (χ0v) is 13.2. The van der Waals surface area contributed by atoms with Gasteiger partial charge in [-0.25, -0.2) is 0 Å². The minimum absolute atomic E-state index is 0.226. The minimum Gasteiger partial charge on any atom is -0.380 e. The van der Waals surface area contributed by atoms with Crippen LogP contribution in [0.5, 0.6) is 0 Å². The molecule has 0 aromatic heterocycles. The van der Waals surface area contributed by atoms with E-state index in [-0.39, 0.29) is 5.91 Å². The molecule has 1 aliphatic rings. The Labute approximate surface area is 118 Å². The molecular formula is C15H32N2O2. The van der Waals surface area contributed by atoms with Crippen molar-refractivity contribution in [2.45, 2.75) is 47.0 Å². The molecule has 4 nitrogen and oxygen atoms in total. The zero-order valence-electron chi connectivity index (χ0n) is 13.2. The number of ether oxygens (including phenoxy) is 1. The second-order valence-electron chi connectivity index (χ2n) is 5.11. The molecule has 0 aromatic rings. The zero-order chi connectivity index (χ0) is 14.7. The summed E-state index contributed by atoms with van der Waals surface area (Å²) in [5, 5.41) is 0. The number of likely N-dealkylation sites (tertiary alicyclic amines) is 1. The summed E-state index contributed by atoms with van der Waals surface area (Å²) in [6.45, 7) is 11.9. The predicted octanol–water partition coefficient (Wildman–Crippen LogP) is 2.27. The Morgan fingerprint density at radius 2 is 1.84 bits per heavy atom. The van der Waals surface area contributed by atoms with Crippen molar-refractivity contribution < 1.29 is 9.53 Å². The molecule has 1 aliphatic heterocycles. The van der Waals surface area contributed by atoms with Gasteiger partial charge in [-0.15, -0.1) is 0 Å². The third kappa shape index (κ3) is 7.53. The van der Waals surface area contributed by atoms with Crippen LogP contribution in [-0.2, 0) is 9.53 Å². The Bertz CT molecular complexity index is 224. The molecule has 0 aromatic carbocycles. The fourth-order valence-electron chi connectivity index (χ4n) is 2.32. The molecule has 1 rings (SSSR count). The number of piperidine rings is 1. The van der Waals surface area contributed by atoms with Gasteiger partial charge in [0.05, 0.1) is 19.6 Å². The van der Waals surface area contributed by atoms with Gasteiger partial charge in [0, 0.05) is 19.6 Å². The molecule has 1 saturated heterocycles. The van der Waals surface area contributed by atoms with Gasteiger partial charge in [-0.05, 0) is 24.7 Å². The van der Waals surface area contributed by atoms with E-state index >= 15 is 0 Å². The number of carbonyl (C=O) groups excluding carboxylic acids is 1. The molecule has 0 bridgehead atoms. The van der Waals surface area contributed by atoms with Crippen molar-refractivity contribution in [3.8, 4) is 0 Å². The van der Waals surface area contributed by atoms with Crippen LogP contribution in [0.3, 0.4) is 0 Å². The minimum atomic E-state index is 0.226. The van der Waals surface area contributed by atoms with E-state index in [9.17, 15) is 4.79 Å². The fraction of sp³-hybridized carbons (Fsp3) is 0.933. The number of nitrogens with two attached hydrogens (primary N) is 1. The Morgan fingerprint density at radius 1 is 1.26 bits per heavy atom. The van der Waals surface area contributed by atoms with Crippen molar-refractivity contribution >= 4 is 5.91 Å². The molecule has 0 spiro atoms. The van der Waals surface area contributed by atoms with Crippen molar-refractivity contribution in [2.24, 2.45) is 17.6 Å². The number of rotatable bonds is 6. The number of nitrogens with zero attached hydrogens (tertiary/aromatic N) is 1. The quantitative estimate of drug-likeness (QED) is 0.755. The first-order chi connectivity index (χ1) is 9.15. The summed E-state index contributed by atoms with van der Waals surface area (Å²) in [7, 11) is 0. The van der Waals surface area contributed by atoms with Gasteiger partial charge in [0.15, 0.2) is 0 Å². The first-order valence-corrected chi connectivity index (χ1v) is 7.70. The van der Waals surface area contributed by atoms with Crippen LogP contribution in [0.25, 0.3) is 0 Å². The van der Waals surface area contributed by atoms with E-state index in [1.54, 1.807) is 0 Å². The van der Waals surface area contributed by atoms with Gasteiger partial charge < -0.3 is 15.4 Å². The van der Waals surface area contributed by atoms with E-state index in [4.69, 9.17) is 10.5 Å². The Kier molecular flexibility index (Phi) is 10.9. The molecule has 2 N–H and O–H groups in total. The highest BCUT2D eigenvalue weighted by molar-refractivity contribution is 5.76. The van der Waals surface area contributed by atoms with Gasteiger partial charge >= 0.3 is 0 Å². The van der Waals surface area contributed by atoms with Gasteiger partial charge in [-0.1, -0.05) is 27.7 Å². The highest BCUT2D eigenvalue weighted by Gasteiger charge is 2.23. The van der Waals surface area contributed by atoms with Crippen molar-refractivity contribution in [2.75, 3.05) is 32.8 Å². The molecule has 4 heteroatoms. The van der Waals surface area contributed by atoms with Gasteiger partial charge in [0.2, 0.25) is 5.91 Å². The topological polar surface area (TPSA) is 55.6 Å². The van der Waals surface area contributed by atoms with Gasteiger partial charge in [0.25, 0.3) is 0 Å². The maximum atomic E-state index is 11.9. The standard InChI is InChI=1S/C13H26N2O2.C2H6/c1-11(2)12-3-7-15(8-4-12)13(16)5-9-17-10-6-14;1-2/h11-12H,3-10,14H2,1-2H3;1-2H3. The molecular weight excluding hydrogens is 240 g/mol. The largest absolute Gasteiger partial charge is 0.380 e. The van der Waals surface area contributed by atoms with E-state index in [1.165, 1.54) is 0 Å². The van der Waals surface area contributed by atoms with Gasteiger partial charge in [-0.2, -0.15) is 0 Å². The van der Waals surface area contributed by atoms with Crippen LogP contribution in [0.1, 0.15) is 47.0 Å². The Hall–Kier alpha value is -0.610. The lowest BCUT2D eigenvalue weighted by Gasteiger charge is -2.33. The maximum Gasteiger partial charge on any atom is 0.224 e. The average molecular weight is 272 g/mol. The Morgan fingerprint density at radius 3 is 2.32 bits per heavy atom. The van der Waals surface area contributed by atoms with Crippen LogP contribution in [0.15, 0.2) is 0 Å². The number of amides is 1. The van der Waals surface area contributed by atoms with Crippen molar-refractivity contribution in [1.29, 1.82) is 0 Å². The van der Waals surface area contributed by atoms with Crippen molar-refractivity contribution in [1.82, 2.24) is 4.90 Å². The van der Waals surface area contributed by atoms with Crippen molar-refractivity contribution in [3.05, 3.63) is 0 Å². The van der Waals surface area contributed by atoms with Crippen LogP contribution < -0.4 is 5.73 Å². The summed E-state index contributed by atoms with van der Waals surface area (Å²) in [6.07, 6.45) is 2.78. The Balaban J connectivity index is 0.00000154. The summed E-state index contributed by atoms with van der Waals surface area (Å²) in [4.78, 5) is 13.8. The molecule has 0 atom stereocenters. The van der Waals surface area contributed by atoms with E-state index < -0.39 is 0 Å². The lowest BCUT2D eigenvalue weighted by atomic mass is 9.86. The number of hydrogen-bond donors (Lipinski definition) is 1. The summed E-state index contributed by atoms with van der Waals surface area (Å²) >= 11 is 0. The molecule has 1 amide bonds. The average Bonchev–Trinajstić information content (AvgIpc) is 2.45. The third-order valence-electron chi connectivity index (χ3n) is 3.56. The highest BCUT2D eigenvalue weighted by Crippen LogP contribution is 2.24. The van der Waals surface area contributed by atoms with Gasteiger partial charge in [-0.3, -0.25) is 4.79 Å². The van der Waals surface area contributed by atoms with Crippen LogP contribution in [0.4, 0.5) is 0 Å². The molecule has 0 radical (unpaired) electrons. The lowest BCUT2D eigenvalue weighted by molar-refractivity contribution is -0.133. The summed E-state index contributed by atoms with van der Waals surface area (Å²) in [5.41, 5.74) is 5.31. The number of hydrogen-bond acceptors (Lipinski definition) is 3. The van der Waals surface area contributed by atoms with E-state index in [1.807, 2.05) is 18.7 Å². The van der Waals surface area contributed by atoms with Crippen molar-refractivity contribution in [3.63, 3.8) is 0 Å². The molecule has 0 saturated carbocycles. The van der Waals surface area contributed by atoms with Gasteiger partial charge in [0.1, 0.15) is 0 Å². The summed E-state index contributed by atoms with van der Waals surface area (Å²) in [6, 6.07) is 0. The molecule has 0 unspecified atom stereocenters. The van der Waals surface area contributed by atoms with Crippen LogP contribution in [0.2, 0.25) is 0 Å². The smallest absolute Gasteiger partial charge is 0.224 e. The normalized spacial score (nSPS) is 16.2. The predicted molar refractivity (Wildman–Crippen MR) is 80.0 cm³/mol. The summed E-state index contributed by atoms with van der Waals surface area (Å²) < 4.78 is 5.23. The molecule has 114 valence electrons. The first kappa shape index (κ1) is 18.4. The second-order valence-corrected chi connectivity index (χ2v) is 5.11. The monoisotopic (exact) mass is 272 g/mol. The lowest BCUT2D eigenvalue weighted by Crippen LogP contribution is -2.39. The number of carbonyl (C=O) groups is 1. The SMILES string of the molecule is CC.CC(C)C1CCN(C(=O)CCOCCN)CC1. The van der Waals surface area contributed by atoms with Crippen LogP contribution in [-0.4, -0.2) is 43.7 Å². The van der Waals surface area contributed by atoms with E-state index in [2.05, 4.69) is 13.8 Å². The molecule has 19 heavy (non-hydrogen) atoms. The second kappa shape index (κ2) is 11.2. The van der Waals surface area contributed by atoms with E-state index in [0.29, 0.717) is 26.2 Å². The maximum absolute atomic E-state index is 11.9. The summed E-state index contributed by atoms with van der Waals surface area (Å²) in [5.74, 6) is 1.75. The highest BCUT2D eigenvalue weighted by atomic mass is 16.5. The van der Waals surface area contributed by atoms with Crippen LogP contribution >= 0.6 is 0 Å².